The molecule has 334 valence electrons. The summed E-state index contributed by atoms with van der Waals surface area (Å²) in [6, 6.07) is -8.09. The molecule has 0 radical (unpaired) electrons. The van der Waals surface area contributed by atoms with E-state index in [-0.39, 0.29) is 11.8 Å². The van der Waals surface area contributed by atoms with Crippen molar-refractivity contribution in [3.63, 3.8) is 0 Å². The van der Waals surface area contributed by atoms with Crippen molar-refractivity contribution >= 4 is 11.8 Å². The molecular formula is C33H42F7N3O16. The number of aliphatic hydroxyl groups is 8. The maximum Gasteiger partial charge on any atom is 0.423 e. The van der Waals surface area contributed by atoms with Gasteiger partial charge in [-0.2, -0.15) is 35.6 Å². The Labute approximate surface area is 327 Å². The van der Waals surface area contributed by atoms with Gasteiger partial charge in [-0.1, -0.05) is 0 Å². The summed E-state index contributed by atoms with van der Waals surface area (Å²) in [5, 5.41) is 149. The van der Waals surface area contributed by atoms with E-state index in [0.717, 1.165) is 13.8 Å². The van der Waals surface area contributed by atoms with Gasteiger partial charge in [-0.15, -0.1) is 0 Å². The zero-order valence-electron chi connectivity index (χ0n) is 31.3. The fraction of sp³-hybridized carbons (Fsp3) is 0.576. The molecule has 0 aromatic heterocycles. The van der Waals surface area contributed by atoms with Crippen molar-refractivity contribution in [3.05, 3.63) is 33.6 Å². The van der Waals surface area contributed by atoms with Crippen LogP contribution in [0.3, 0.4) is 0 Å². The molecule has 14 N–H and O–H groups in total. The second-order valence-electron chi connectivity index (χ2n) is 14.2. The van der Waals surface area contributed by atoms with Gasteiger partial charge in [0.2, 0.25) is 17.4 Å². The van der Waals surface area contributed by atoms with Gasteiger partial charge < -0.3 is 86.1 Å². The third-order valence-electron chi connectivity index (χ3n) is 10.2. The molecule has 3 unspecified atom stereocenters. The standard InChI is InChI=1S/C33H42F7N3O16/c1-11(44)6-8-29(54,55)33(58,59)43(32(56,57)28(4,52)53)14-7-9-42(15(10-14)16-12(2)21(45)20(34)26(50)24(16)48)27(51)41(5)13(3)17-22(46)18(30(35,36)37)25(49)19(23(17)47)31(38,39)40/h13-15,45-50,52-59H,6-10H2,1-5H3. The van der Waals surface area contributed by atoms with Gasteiger partial charge in [0.25, 0.3) is 11.8 Å². The number of piperidine rings is 1. The fourth-order valence-electron chi connectivity index (χ4n) is 6.80. The first-order valence-corrected chi connectivity index (χ1v) is 16.9. The van der Waals surface area contributed by atoms with Crippen LogP contribution in [0.4, 0.5) is 35.5 Å². The van der Waals surface area contributed by atoms with E-state index in [9.17, 15) is 112 Å². The lowest BCUT2D eigenvalue weighted by Crippen LogP contribution is -2.78. The maximum atomic E-state index is 14.7. The summed E-state index contributed by atoms with van der Waals surface area (Å²) >= 11 is 0. The number of carbonyl (C=O) groups is 2. The quantitative estimate of drug-likeness (QED) is 0.0650. The first kappa shape index (κ1) is 48.7. The monoisotopic (exact) mass is 869 g/mol. The Balaban J connectivity index is 2.34. The molecule has 0 spiro atoms. The number of rotatable bonds is 11. The van der Waals surface area contributed by atoms with Gasteiger partial charge in [0.15, 0.2) is 17.2 Å². The molecule has 0 saturated carbocycles. The molecule has 1 fully saturated rings. The number of halogens is 7. The topological polar surface area (TPSA) is 327 Å². The summed E-state index contributed by atoms with van der Waals surface area (Å²) in [4.78, 5) is 26.1. The minimum atomic E-state index is -5.91. The average Bonchev–Trinajstić information content (AvgIpc) is 3.06. The van der Waals surface area contributed by atoms with Crippen LogP contribution in [0, 0.1) is 12.7 Å². The molecule has 3 atom stereocenters. The molecule has 26 heteroatoms. The fourth-order valence-corrected chi connectivity index (χ4v) is 6.80. The highest BCUT2D eigenvalue weighted by atomic mass is 19.4. The SMILES string of the molecule is CC(=O)CCC(O)(O)C(O)(O)N(C1CCN(C(=O)N(C)C(C)c2c(O)c(C(F)(F)F)c(O)c(C(F)(F)F)c2O)C(c2c(C)c(O)c(F)c(O)c2O)C1)C(O)(O)C(C)(O)O. The van der Waals surface area contributed by atoms with Crippen molar-refractivity contribution in [2.75, 3.05) is 13.6 Å². The Morgan fingerprint density at radius 3 is 1.68 bits per heavy atom. The normalized spacial score (nSPS) is 18.0. The second kappa shape index (κ2) is 15.7. The number of hydrogen-bond donors (Lipinski definition) is 14. The van der Waals surface area contributed by atoms with Crippen LogP contribution in [0.2, 0.25) is 0 Å². The van der Waals surface area contributed by atoms with Gasteiger partial charge in [-0.25, -0.2) is 4.79 Å². The van der Waals surface area contributed by atoms with Crippen LogP contribution in [0.25, 0.3) is 0 Å². The highest BCUT2D eigenvalue weighted by Gasteiger charge is 2.65. The van der Waals surface area contributed by atoms with Gasteiger partial charge in [0.05, 0.1) is 17.6 Å². The number of likely N-dealkylation sites (tertiary alicyclic amines) is 1. The summed E-state index contributed by atoms with van der Waals surface area (Å²) in [5.74, 6) is -30.9. The van der Waals surface area contributed by atoms with E-state index in [0.29, 0.717) is 18.9 Å². The van der Waals surface area contributed by atoms with E-state index in [2.05, 4.69) is 0 Å². The smallest absolute Gasteiger partial charge is 0.423 e. The van der Waals surface area contributed by atoms with E-state index < -0.39 is 171 Å². The molecule has 59 heavy (non-hydrogen) atoms. The molecule has 1 heterocycles. The van der Waals surface area contributed by atoms with Crippen LogP contribution >= 0.6 is 0 Å². The number of urea groups is 1. The molecule has 19 nitrogen and oxygen atoms in total. The zero-order chi connectivity index (χ0) is 46.1. The Hall–Kier alpha value is -4.67. The molecule has 2 aromatic rings. The molecule has 3 rings (SSSR count). The Morgan fingerprint density at radius 2 is 1.25 bits per heavy atom. The summed E-state index contributed by atoms with van der Waals surface area (Å²) in [7, 11) is 0.684. The lowest BCUT2D eigenvalue weighted by atomic mass is 9.86. The van der Waals surface area contributed by atoms with Gasteiger partial charge in [-0.05, 0) is 40.5 Å². The van der Waals surface area contributed by atoms with Gasteiger partial charge in [-0.3, -0.25) is 0 Å². The Morgan fingerprint density at radius 1 is 0.780 bits per heavy atom. The molecule has 0 aliphatic carbocycles. The van der Waals surface area contributed by atoms with E-state index in [1.165, 1.54) is 0 Å². The largest absolute Gasteiger partial charge is 0.507 e. The zero-order valence-corrected chi connectivity index (χ0v) is 31.3. The number of amides is 2. The molecule has 2 aromatic carbocycles. The number of Topliss-reactive ketones (excluding diaryl/α,β-unsaturated/α-hetero) is 1. The van der Waals surface area contributed by atoms with Gasteiger partial charge in [0.1, 0.15) is 34.2 Å². The molecule has 1 saturated heterocycles. The highest BCUT2D eigenvalue weighted by molar-refractivity contribution is 5.77. The first-order valence-electron chi connectivity index (χ1n) is 16.9. The average molecular weight is 870 g/mol. The summed E-state index contributed by atoms with van der Waals surface area (Å²) < 4.78 is 98.1. The number of ketones is 1. The summed E-state index contributed by atoms with van der Waals surface area (Å²) in [6.45, 7) is 1.74. The predicted molar refractivity (Wildman–Crippen MR) is 178 cm³/mol. The predicted octanol–water partition coefficient (Wildman–Crippen LogP) is 1.05. The van der Waals surface area contributed by atoms with Crippen molar-refractivity contribution in [1.29, 1.82) is 0 Å². The number of nitrogens with zero attached hydrogens (tertiary/aromatic N) is 3. The number of aromatic hydroxyl groups is 6. The third-order valence-corrected chi connectivity index (χ3v) is 10.2. The third kappa shape index (κ3) is 8.53. The van der Waals surface area contributed by atoms with E-state index in [4.69, 9.17) is 0 Å². The number of hydrogen-bond acceptors (Lipinski definition) is 17. The second-order valence-corrected chi connectivity index (χ2v) is 14.2. The van der Waals surface area contributed by atoms with Crippen LogP contribution in [0.15, 0.2) is 0 Å². The van der Waals surface area contributed by atoms with Crippen LogP contribution < -0.4 is 0 Å². The molecule has 0 bridgehead atoms. The van der Waals surface area contributed by atoms with Gasteiger partial charge in [0, 0.05) is 43.6 Å². The lowest BCUT2D eigenvalue weighted by molar-refractivity contribution is -0.511. The van der Waals surface area contributed by atoms with Crippen molar-refractivity contribution < 1.29 is 112 Å². The maximum absolute atomic E-state index is 14.7. The number of alkyl halides is 6. The van der Waals surface area contributed by atoms with Crippen molar-refractivity contribution in [2.45, 2.75) is 107 Å². The van der Waals surface area contributed by atoms with Crippen LogP contribution in [-0.4, -0.2) is 141 Å². The number of benzene rings is 2. The van der Waals surface area contributed by atoms with Gasteiger partial charge >= 0.3 is 18.4 Å². The Bertz CT molecular complexity index is 1900. The minimum Gasteiger partial charge on any atom is -0.507 e. The summed E-state index contributed by atoms with van der Waals surface area (Å²) in [6.07, 6.45) is -16.0. The lowest BCUT2D eigenvalue weighted by Gasteiger charge is -2.55. The Kier molecular flexibility index (Phi) is 13.0. The van der Waals surface area contributed by atoms with Crippen molar-refractivity contribution in [1.82, 2.24) is 14.7 Å². The first-order chi connectivity index (χ1) is 26.4. The summed E-state index contributed by atoms with van der Waals surface area (Å²) in [5.41, 5.74) is -8.55. The highest BCUT2D eigenvalue weighted by Crippen LogP contribution is 2.56. The van der Waals surface area contributed by atoms with E-state index in [1.54, 1.807) is 0 Å². The number of phenolic OH excluding ortho intramolecular Hbond substituents is 6. The molecular weight excluding hydrogens is 827 g/mol. The van der Waals surface area contributed by atoms with Crippen molar-refractivity contribution in [2.24, 2.45) is 0 Å². The molecule has 1 aliphatic rings. The van der Waals surface area contributed by atoms with E-state index in [1.807, 2.05) is 0 Å². The number of carbonyl (C=O) groups excluding carboxylic acids is 2. The molecule has 1 aliphatic heterocycles. The number of phenols is 6. The van der Waals surface area contributed by atoms with Crippen LogP contribution in [0.1, 0.15) is 86.4 Å². The minimum absolute atomic E-state index is 0.253. The molecule has 2 amide bonds. The van der Waals surface area contributed by atoms with Crippen LogP contribution in [0.5, 0.6) is 34.5 Å². The van der Waals surface area contributed by atoms with Crippen molar-refractivity contribution in [3.8, 4) is 34.5 Å². The van der Waals surface area contributed by atoms with E-state index >= 15 is 0 Å². The van der Waals surface area contributed by atoms with Crippen LogP contribution in [-0.2, 0) is 17.1 Å².